The van der Waals surface area contributed by atoms with Crippen molar-refractivity contribution in [2.45, 2.75) is 12.5 Å². The van der Waals surface area contributed by atoms with Gasteiger partial charge in [0.15, 0.2) is 0 Å². The van der Waals surface area contributed by atoms with Gasteiger partial charge in [0.05, 0.1) is 0 Å². The molecule has 5 heteroatoms. The van der Waals surface area contributed by atoms with Crippen LogP contribution in [0.3, 0.4) is 0 Å². The van der Waals surface area contributed by atoms with Gasteiger partial charge < -0.3 is 5.32 Å². The highest BCUT2D eigenvalue weighted by molar-refractivity contribution is 6.06. The predicted octanol–water partition coefficient (Wildman–Crippen LogP) is -0.446. The fourth-order valence-corrected chi connectivity index (χ4v) is 0.674. The normalized spacial score (nSPS) is 31.8. The van der Waals surface area contributed by atoms with E-state index in [1.165, 1.54) is 6.92 Å². The van der Waals surface area contributed by atoms with Crippen LogP contribution < -0.4 is 10.6 Å². The van der Waals surface area contributed by atoms with Crippen LogP contribution in [-0.4, -0.2) is 24.2 Å². The Bertz CT molecular complexity index is 194. The fraction of sp³-hybridized carbons (Fsp3) is 0.600. The van der Waals surface area contributed by atoms with Gasteiger partial charge in [-0.3, -0.25) is 10.1 Å². The summed E-state index contributed by atoms with van der Waals surface area (Å²) in [6.07, 6.45) is 0. The number of carbonyl (C=O) groups is 2. The number of carbonyl (C=O) groups excluding carboxylic acids is 2. The Hall–Kier alpha value is -1.13. The molecule has 0 radical (unpaired) electrons. The molecule has 2 N–H and O–H groups in total. The van der Waals surface area contributed by atoms with E-state index in [1.54, 1.807) is 0 Å². The van der Waals surface area contributed by atoms with Gasteiger partial charge in [0, 0.05) is 0 Å². The molecule has 1 saturated heterocycles. The Labute approximate surface area is 56.8 Å². The van der Waals surface area contributed by atoms with Crippen molar-refractivity contribution in [3.8, 4) is 0 Å². The lowest BCUT2D eigenvalue weighted by Crippen LogP contribution is -2.45. The van der Waals surface area contributed by atoms with Gasteiger partial charge in [-0.25, -0.2) is 9.18 Å². The van der Waals surface area contributed by atoms with Gasteiger partial charge in [-0.05, 0) is 6.92 Å². The van der Waals surface area contributed by atoms with Crippen molar-refractivity contribution in [2.24, 2.45) is 0 Å². The Kier molecular flexibility index (Phi) is 1.35. The Morgan fingerprint density at radius 3 is 2.40 bits per heavy atom. The molecule has 1 heterocycles. The molecular formula is C5H7FN2O2. The summed E-state index contributed by atoms with van der Waals surface area (Å²) in [5, 5.41) is 4.08. The Morgan fingerprint density at radius 1 is 1.60 bits per heavy atom. The third-order valence-corrected chi connectivity index (χ3v) is 1.38. The molecule has 4 nitrogen and oxygen atoms in total. The minimum absolute atomic E-state index is 0.611. The zero-order chi connectivity index (χ0) is 7.78. The van der Waals surface area contributed by atoms with Crippen molar-refractivity contribution in [1.29, 1.82) is 0 Å². The van der Waals surface area contributed by atoms with Crippen LogP contribution in [0.2, 0.25) is 0 Å². The maximum absolute atomic E-state index is 12.0. The summed E-state index contributed by atoms with van der Waals surface area (Å²) in [7, 11) is 0. The summed E-state index contributed by atoms with van der Waals surface area (Å²) in [6, 6.07) is -0.634. The summed E-state index contributed by atoms with van der Waals surface area (Å²) in [6.45, 7) is 0.442. The van der Waals surface area contributed by atoms with Crippen molar-refractivity contribution >= 4 is 11.9 Å². The number of amides is 3. The summed E-state index contributed by atoms with van der Waals surface area (Å²) in [5.74, 6) is -0.611. The number of halogens is 1. The quantitative estimate of drug-likeness (QED) is 0.492. The van der Waals surface area contributed by atoms with E-state index in [2.05, 4.69) is 5.32 Å². The van der Waals surface area contributed by atoms with Gasteiger partial charge in [-0.1, -0.05) is 0 Å². The molecule has 1 unspecified atom stereocenters. The third-order valence-electron chi connectivity index (χ3n) is 1.38. The number of alkyl halides is 1. The summed E-state index contributed by atoms with van der Waals surface area (Å²) < 4.78 is 12.0. The van der Waals surface area contributed by atoms with Crippen LogP contribution in [0.4, 0.5) is 9.18 Å². The fourth-order valence-electron chi connectivity index (χ4n) is 0.674. The number of rotatable bonds is 1. The standard InChI is InChI=1S/C5H7FN2O2/c1-5(2-6)3(9)7-4(10)8-5/h2H2,1H3,(H2,7,8,9,10). The second-order valence-electron chi connectivity index (χ2n) is 2.37. The molecule has 0 aromatic rings. The molecule has 1 atom stereocenters. The average Bonchev–Trinajstić information content (AvgIpc) is 2.09. The number of hydrogen-bond acceptors (Lipinski definition) is 2. The number of urea groups is 1. The van der Waals surface area contributed by atoms with Crippen molar-refractivity contribution in [2.75, 3.05) is 6.67 Å². The zero-order valence-corrected chi connectivity index (χ0v) is 5.40. The van der Waals surface area contributed by atoms with Crippen LogP contribution in [0, 0.1) is 0 Å². The van der Waals surface area contributed by atoms with Gasteiger partial charge >= 0.3 is 6.03 Å². The van der Waals surface area contributed by atoms with E-state index in [9.17, 15) is 14.0 Å². The lowest BCUT2D eigenvalue weighted by molar-refractivity contribution is -0.123. The maximum Gasteiger partial charge on any atom is 0.322 e. The minimum atomic E-state index is -1.35. The van der Waals surface area contributed by atoms with Crippen LogP contribution >= 0.6 is 0 Å². The molecule has 1 fully saturated rings. The smallest absolute Gasteiger partial charge is 0.321 e. The molecule has 0 saturated carbocycles. The molecule has 10 heavy (non-hydrogen) atoms. The topological polar surface area (TPSA) is 58.2 Å². The SMILES string of the molecule is CC1(CF)NC(=O)NC1=O. The van der Waals surface area contributed by atoms with Gasteiger partial charge in [0.25, 0.3) is 5.91 Å². The highest BCUT2D eigenvalue weighted by atomic mass is 19.1. The lowest BCUT2D eigenvalue weighted by Gasteiger charge is -2.14. The first-order chi connectivity index (χ1) is 4.58. The zero-order valence-electron chi connectivity index (χ0n) is 5.40. The summed E-state index contributed by atoms with van der Waals surface area (Å²) in [5.41, 5.74) is -1.35. The van der Waals surface area contributed by atoms with Gasteiger partial charge in [0.2, 0.25) is 0 Å². The molecule has 0 spiro atoms. The Morgan fingerprint density at radius 2 is 2.20 bits per heavy atom. The molecule has 3 amide bonds. The van der Waals surface area contributed by atoms with E-state index in [-0.39, 0.29) is 0 Å². The predicted molar refractivity (Wildman–Crippen MR) is 31.1 cm³/mol. The van der Waals surface area contributed by atoms with Crippen LogP contribution in [-0.2, 0) is 4.79 Å². The van der Waals surface area contributed by atoms with E-state index in [0.29, 0.717) is 0 Å². The highest BCUT2D eigenvalue weighted by Gasteiger charge is 2.41. The maximum atomic E-state index is 12.0. The van der Waals surface area contributed by atoms with E-state index in [1.807, 2.05) is 5.32 Å². The van der Waals surface area contributed by atoms with Gasteiger partial charge in [0.1, 0.15) is 12.2 Å². The van der Waals surface area contributed by atoms with E-state index < -0.39 is 24.2 Å². The third kappa shape index (κ3) is 0.832. The van der Waals surface area contributed by atoms with E-state index >= 15 is 0 Å². The average molecular weight is 146 g/mol. The van der Waals surface area contributed by atoms with Crippen molar-refractivity contribution in [3.05, 3.63) is 0 Å². The number of imide groups is 1. The van der Waals surface area contributed by atoms with Gasteiger partial charge in [-0.15, -0.1) is 0 Å². The summed E-state index contributed by atoms with van der Waals surface area (Å²) >= 11 is 0. The molecular weight excluding hydrogens is 139 g/mol. The van der Waals surface area contributed by atoms with Crippen LogP contribution in [0.15, 0.2) is 0 Å². The monoisotopic (exact) mass is 146 g/mol. The first-order valence-electron chi connectivity index (χ1n) is 2.78. The summed E-state index contributed by atoms with van der Waals surface area (Å²) in [4.78, 5) is 21.1. The second kappa shape index (κ2) is 1.93. The molecule has 1 aliphatic heterocycles. The number of nitrogens with one attached hydrogen (secondary N) is 2. The van der Waals surface area contributed by atoms with E-state index in [4.69, 9.17) is 0 Å². The first-order valence-corrected chi connectivity index (χ1v) is 2.78. The molecule has 0 aliphatic carbocycles. The van der Waals surface area contributed by atoms with Gasteiger partial charge in [-0.2, -0.15) is 0 Å². The van der Waals surface area contributed by atoms with Crippen LogP contribution in [0.25, 0.3) is 0 Å². The van der Waals surface area contributed by atoms with Crippen molar-refractivity contribution in [3.63, 3.8) is 0 Å². The molecule has 1 aliphatic rings. The molecule has 0 bridgehead atoms. The van der Waals surface area contributed by atoms with Crippen molar-refractivity contribution < 1.29 is 14.0 Å². The molecule has 0 aromatic heterocycles. The number of hydrogen-bond donors (Lipinski definition) is 2. The van der Waals surface area contributed by atoms with Crippen LogP contribution in [0.5, 0.6) is 0 Å². The Balaban J connectivity index is 2.80. The molecule has 56 valence electrons. The highest BCUT2D eigenvalue weighted by Crippen LogP contribution is 2.08. The molecule has 0 aromatic carbocycles. The largest absolute Gasteiger partial charge is 0.322 e. The van der Waals surface area contributed by atoms with Crippen LogP contribution in [0.1, 0.15) is 6.92 Å². The van der Waals surface area contributed by atoms with Crippen molar-refractivity contribution in [1.82, 2.24) is 10.6 Å². The lowest BCUT2D eigenvalue weighted by atomic mass is 10.1. The second-order valence-corrected chi connectivity index (χ2v) is 2.37. The minimum Gasteiger partial charge on any atom is -0.321 e. The van der Waals surface area contributed by atoms with E-state index in [0.717, 1.165) is 0 Å². The first kappa shape index (κ1) is 6.98. The molecule has 1 rings (SSSR count).